The van der Waals surface area contributed by atoms with Crippen LogP contribution >= 0.6 is 22.6 Å². The second-order valence-corrected chi connectivity index (χ2v) is 6.03. The Morgan fingerprint density at radius 3 is 2.50 bits per heavy atom. The van der Waals surface area contributed by atoms with Crippen LogP contribution in [-0.4, -0.2) is 16.5 Å². The van der Waals surface area contributed by atoms with Gasteiger partial charge in [-0.3, -0.25) is 4.79 Å². The summed E-state index contributed by atoms with van der Waals surface area (Å²) >= 11 is 2.32. The highest BCUT2D eigenvalue weighted by Crippen LogP contribution is 2.35. The van der Waals surface area contributed by atoms with Crippen molar-refractivity contribution in [1.82, 2.24) is 0 Å². The monoisotopic (exact) mass is 336 g/mol. The number of esters is 1. The van der Waals surface area contributed by atoms with Crippen LogP contribution in [0.4, 0.5) is 0 Å². The van der Waals surface area contributed by atoms with Crippen LogP contribution in [0.2, 0.25) is 0 Å². The summed E-state index contributed by atoms with van der Waals surface area (Å²) in [6.07, 6.45) is 9.95. The molecule has 0 spiro atoms. The third-order valence-corrected chi connectivity index (χ3v) is 5.00. The van der Waals surface area contributed by atoms with E-state index in [-0.39, 0.29) is 18.0 Å². The van der Waals surface area contributed by atoms with E-state index in [1.807, 2.05) is 0 Å². The summed E-state index contributed by atoms with van der Waals surface area (Å²) in [4.78, 5) is 12.1. The van der Waals surface area contributed by atoms with Gasteiger partial charge in [0.1, 0.15) is 6.10 Å². The molecule has 0 aromatic carbocycles. The van der Waals surface area contributed by atoms with Gasteiger partial charge in [0.05, 0.1) is 5.92 Å². The maximum absolute atomic E-state index is 12.1. The predicted molar refractivity (Wildman–Crippen MR) is 72.7 cm³/mol. The number of halogens is 1. The molecule has 92 valence electrons. The van der Waals surface area contributed by atoms with Crippen LogP contribution in [0.25, 0.3) is 0 Å². The highest BCUT2D eigenvalue weighted by atomic mass is 127. The molecule has 2 nitrogen and oxygen atoms in total. The van der Waals surface area contributed by atoms with E-state index in [9.17, 15) is 4.79 Å². The molecule has 1 saturated carbocycles. The minimum Gasteiger partial charge on any atom is -0.461 e. The smallest absolute Gasteiger partial charge is 0.309 e. The van der Waals surface area contributed by atoms with Gasteiger partial charge in [-0.15, -0.1) is 0 Å². The highest BCUT2D eigenvalue weighted by molar-refractivity contribution is 14.1. The molecule has 0 N–H and O–H groups in total. The Bertz CT molecular complexity index is 236. The molecule has 2 atom stereocenters. The molecule has 0 aromatic rings. The summed E-state index contributed by atoms with van der Waals surface area (Å²) in [5.74, 6) is 0.938. The first-order valence-corrected chi connectivity index (χ1v) is 8.10. The van der Waals surface area contributed by atoms with Crippen molar-refractivity contribution in [2.45, 2.75) is 57.5 Å². The van der Waals surface area contributed by atoms with Gasteiger partial charge in [-0.25, -0.2) is 0 Å². The quantitative estimate of drug-likeness (QED) is 0.437. The molecule has 2 rings (SSSR count). The van der Waals surface area contributed by atoms with E-state index in [0.717, 1.165) is 17.3 Å². The Labute approximate surface area is 112 Å². The standard InChI is InChI=1S/C13H21IO2/c14-9-11-7-4-8-12(13(15)16-11)10-5-2-1-3-6-10/h10-12H,1-9H2/t11-,12-/m0/s1. The van der Waals surface area contributed by atoms with E-state index >= 15 is 0 Å². The Hall–Kier alpha value is 0.200. The fourth-order valence-corrected chi connectivity index (χ4v) is 3.69. The van der Waals surface area contributed by atoms with E-state index in [2.05, 4.69) is 22.6 Å². The first kappa shape index (κ1) is 12.7. The molecule has 0 radical (unpaired) electrons. The van der Waals surface area contributed by atoms with Gasteiger partial charge in [-0.2, -0.15) is 0 Å². The molecule has 3 heteroatoms. The van der Waals surface area contributed by atoms with Crippen LogP contribution in [0, 0.1) is 11.8 Å². The molecule has 1 aliphatic carbocycles. The Balaban J connectivity index is 1.95. The minimum atomic E-state index is 0.103. The summed E-state index contributed by atoms with van der Waals surface area (Å²) in [5, 5.41) is 0. The molecular weight excluding hydrogens is 315 g/mol. The molecule has 0 unspecified atom stereocenters. The molecule has 0 amide bonds. The van der Waals surface area contributed by atoms with Gasteiger partial charge < -0.3 is 4.74 Å². The second kappa shape index (κ2) is 6.22. The number of carbonyl (C=O) groups is 1. The van der Waals surface area contributed by atoms with Gasteiger partial charge in [0.2, 0.25) is 0 Å². The molecular formula is C13H21IO2. The molecule has 1 saturated heterocycles. The normalized spacial score (nSPS) is 33.2. The van der Waals surface area contributed by atoms with Gasteiger partial charge in [-0.05, 0) is 38.0 Å². The largest absolute Gasteiger partial charge is 0.461 e. The average Bonchev–Trinajstić information content (AvgIpc) is 2.52. The van der Waals surface area contributed by atoms with Crippen molar-refractivity contribution < 1.29 is 9.53 Å². The first-order chi connectivity index (χ1) is 7.81. The third-order valence-electron chi connectivity index (χ3n) is 4.02. The number of alkyl halides is 1. The van der Waals surface area contributed by atoms with Gasteiger partial charge in [0, 0.05) is 4.43 Å². The average molecular weight is 336 g/mol. The number of hydrogen-bond donors (Lipinski definition) is 0. The third kappa shape index (κ3) is 3.11. The summed E-state index contributed by atoms with van der Waals surface area (Å²) in [5.41, 5.74) is 0. The lowest BCUT2D eigenvalue weighted by Gasteiger charge is -2.27. The van der Waals surface area contributed by atoms with Gasteiger partial charge in [0.15, 0.2) is 0 Å². The van der Waals surface area contributed by atoms with Crippen LogP contribution in [0.15, 0.2) is 0 Å². The summed E-state index contributed by atoms with van der Waals surface area (Å²) in [6, 6.07) is 0. The molecule has 2 aliphatic rings. The lowest BCUT2D eigenvalue weighted by Crippen LogP contribution is -2.28. The number of hydrogen-bond acceptors (Lipinski definition) is 2. The fraction of sp³-hybridized carbons (Fsp3) is 0.923. The first-order valence-electron chi connectivity index (χ1n) is 6.57. The number of carbonyl (C=O) groups excluding carboxylic acids is 1. The van der Waals surface area contributed by atoms with Crippen LogP contribution in [0.1, 0.15) is 51.4 Å². The van der Waals surface area contributed by atoms with Crippen molar-refractivity contribution in [3.63, 3.8) is 0 Å². The van der Waals surface area contributed by atoms with Crippen LogP contribution in [0.5, 0.6) is 0 Å². The van der Waals surface area contributed by atoms with E-state index in [0.29, 0.717) is 5.92 Å². The molecule has 1 heterocycles. The van der Waals surface area contributed by atoms with Crippen LogP contribution in [-0.2, 0) is 9.53 Å². The Kier molecular flexibility index (Phi) is 4.92. The van der Waals surface area contributed by atoms with Crippen LogP contribution < -0.4 is 0 Å². The van der Waals surface area contributed by atoms with Crippen molar-refractivity contribution in [2.24, 2.45) is 11.8 Å². The molecule has 1 aliphatic heterocycles. The van der Waals surface area contributed by atoms with Gasteiger partial charge in [-0.1, -0.05) is 41.9 Å². The Morgan fingerprint density at radius 2 is 1.81 bits per heavy atom. The van der Waals surface area contributed by atoms with Gasteiger partial charge >= 0.3 is 5.97 Å². The molecule has 0 aromatic heterocycles. The van der Waals surface area contributed by atoms with Crippen LogP contribution in [0.3, 0.4) is 0 Å². The number of cyclic esters (lactones) is 1. The predicted octanol–water partition coefficient (Wildman–Crippen LogP) is 3.71. The second-order valence-electron chi connectivity index (χ2n) is 5.15. The lowest BCUT2D eigenvalue weighted by molar-refractivity contribution is -0.153. The van der Waals surface area contributed by atoms with Crippen molar-refractivity contribution in [3.8, 4) is 0 Å². The molecule has 2 fully saturated rings. The molecule has 16 heavy (non-hydrogen) atoms. The SMILES string of the molecule is O=C1O[C@H](CI)CCC[C@H]1C1CCCCC1. The van der Waals surface area contributed by atoms with Crippen molar-refractivity contribution >= 4 is 28.6 Å². The van der Waals surface area contributed by atoms with E-state index in [4.69, 9.17) is 4.74 Å². The zero-order valence-corrected chi connectivity index (χ0v) is 11.9. The fourth-order valence-electron chi connectivity index (χ4n) is 3.07. The summed E-state index contributed by atoms with van der Waals surface area (Å²) in [6.45, 7) is 0. The highest BCUT2D eigenvalue weighted by Gasteiger charge is 2.33. The number of rotatable bonds is 2. The molecule has 0 bridgehead atoms. The summed E-state index contributed by atoms with van der Waals surface area (Å²) in [7, 11) is 0. The zero-order chi connectivity index (χ0) is 11.4. The minimum absolute atomic E-state index is 0.103. The maximum atomic E-state index is 12.1. The topological polar surface area (TPSA) is 26.3 Å². The van der Waals surface area contributed by atoms with E-state index in [1.54, 1.807) is 0 Å². The van der Waals surface area contributed by atoms with Crippen molar-refractivity contribution in [3.05, 3.63) is 0 Å². The van der Waals surface area contributed by atoms with E-state index in [1.165, 1.54) is 38.5 Å². The zero-order valence-electron chi connectivity index (χ0n) is 9.79. The van der Waals surface area contributed by atoms with E-state index < -0.39 is 0 Å². The Morgan fingerprint density at radius 1 is 1.06 bits per heavy atom. The summed E-state index contributed by atoms with van der Waals surface area (Å²) < 4.78 is 6.53. The number of ether oxygens (including phenoxy) is 1. The van der Waals surface area contributed by atoms with Gasteiger partial charge in [0.25, 0.3) is 0 Å². The maximum Gasteiger partial charge on any atom is 0.309 e. The van der Waals surface area contributed by atoms with Crippen molar-refractivity contribution in [2.75, 3.05) is 4.43 Å². The lowest BCUT2D eigenvalue weighted by atomic mass is 9.78. The van der Waals surface area contributed by atoms with Crippen molar-refractivity contribution in [1.29, 1.82) is 0 Å².